The molecule has 2 unspecified atom stereocenters. The topological polar surface area (TPSA) is 105 Å². The predicted octanol–water partition coefficient (Wildman–Crippen LogP) is 1.64. The summed E-state index contributed by atoms with van der Waals surface area (Å²) in [6.07, 6.45) is 0.526. The third-order valence-corrected chi connectivity index (χ3v) is 3.80. The average molecular weight is 299 g/mol. The maximum atomic E-state index is 11.9. The number of nitrogens with one attached hydrogen (secondary N) is 1. The maximum Gasteiger partial charge on any atom is 0.308 e. The van der Waals surface area contributed by atoms with Gasteiger partial charge in [-0.15, -0.1) is 11.3 Å². The molecule has 1 aromatic rings. The van der Waals surface area contributed by atoms with Crippen LogP contribution in [0.25, 0.3) is 0 Å². The Kier molecular flexibility index (Phi) is 6.09. The number of carboxylic acids is 1. The van der Waals surface area contributed by atoms with E-state index in [0.29, 0.717) is 11.4 Å². The van der Waals surface area contributed by atoms with E-state index in [2.05, 4.69) is 10.3 Å². The molecule has 0 fully saturated rings. The number of rotatable bonds is 7. The van der Waals surface area contributed by atoms with Crippen molar-refractivity contribution in [1.29, 1.82) is 0 Å². The first-order valence-electron chi connectivity index (χ1n) is 6.53. The first kappa shape index (κ1) is 16.6. The summed E-state index contributed by atoms with van der Waals surface area (Å²) < 4.78 is 0. The molecule has 1 aromatic heterocycles. The van der Waals surface area contributed by atoms with Crippen molar-refractivity contribution in [3.63, 3.8) is 0 Å². The highest BCUT2D eigenvalue weighted by molar-refractivity contribution is 7.09. The number of hydrogen-bond donors (Lipinski definition) is 3. The lowest BCUT2D eigenvalue weighted by molar-refractivity contribution is -0.142. The van der Waals surface area contributed by atoms with Gasteiger partial charge in [0.15, 0.2) is 0 Å². The minimum Gasteiger partial charge on any atom is -0.481 e. The molecular weight excluding hydrogens is 278 g/mol. The van der Waals surface area contributed by atoms with Crippen molar-refractivity contribution in [3.8, 4) is 0 Å². The van der Waals surface area contributed by atoms with Crippen LogP contribution in [0.5, 0.6) is 0 Å². The Bertz CT molecular complexity index is 471. The van der Waals surface area contributed by atoms with E-state index in [1.54, 1.807) is 12.3 Å². The summed E-state index contributed by atoms with van der Waals surface area (Å²) >= 11 is 1.32. The van der Waals surface area contributed by atoms with Gasteiger partial charge in [-0.1, -0.05) is 13.8 Å². The van der Waals surface area contributed by atoms with Gasteiger partial charge in [-0.3, -0.25) is 9.59 Å². The molecule has 2 atom stereocenters. The molecule has 0 aromatic carbocycles. The zero-order valence-corrected chi connectivity index (χ0v) is 12.7. The first-order valence-corrected chi connectivity index (χ1v) is 7.41. The Labute approximate surface area is 122 Å². The van der Waals surface area contributed by atoms with Gasteiger partial charge in [-0.25, -0.2) is 4.98 Å². The van der Waals surface area contributed by atoms with Crippen LogP contribution in [0, 0.1) is 11.8 Å². The third kappa shape index (κ3) is 4.90. The van der Waals surface area contributed by atoms with Crippen LogP contribution in [0.4, 0.5) is 0 Å². The summed E-state index contributed by atoms with van der Waals surface area (Å²) in [4.78, 5) is 27.1. The SMILES string of the molecule is CC(C)CC(CNC(=O)c1csc(C(C)N)n1)C(=O)O. The lowest BCUT2D eigenvalue weighted by Gasteiger charge is -2.14. The second kappa shape index (κ2) is 7.35. The largest absolute Gasteiger partial charge is 0.481 e. The molecule has 7 heteroatoms. The first-order chi connectivity index (χ1) is 9.31. The number of thiazole rings is 1. The molecule has 20 heavy (non-hydrogen) atoms. The van der Waals surface area contributed by atoms with Gasteiger partial charge in [0.25, 0.3) is 5.91 Å². The normalized spacial score (nSPS) is 14.1. The van der Waals surface area contributed by atoms with Crippen molar-refractivity contribution in [2.45, 2.75) is 33.2 Å². The third-order valence-electron chi connectivity index (χ3n) is 2.76. The van der Waals surface area contributed by atoms with Crippen molar-refractivity contribution < 1.29 is 14.7 Å². The minimum absolute atomic E-state index is 0.109. The Balaban J connectivity index is 2.58. The fourth-order valence-corrected chi connectivity index (χ4v) is 2.51. The number of aliphatic carboxylic acids is 1. The molecule has 0 spiro atoms. The smallest absolute Gasteiger partial charge is 0.308 e. The molecule has 0 saturated carbocycles. The van der Waals surface area contributed by atoms with E-state index in [-0.39, 0.29) is 30.1 Å². The molecule has 0 saturated heterocycles. The van der Waals surface area contributed by atoms with E-state index in [0.717, 1.165) is 0 Å². The highest BCUT2D eigenvalue weighted by Crippen LogP contribution is 2.16. The van der Waals surface area contributed by atoms with E-state index in [9.17, 15) is 9.59 Å². The van der Waals surface area contributed by atoms with Crippen LogP contribution >= 0.6 is 11.3 Å². The van der Waals surface area contributed by atoms with Crippen molar-refractivity contribution in [1.82, 2.24) is 10.3 Å². The van der Waals surface area contributed by atoms with Crippen LogP contribution in [-0.4, -0.2) is 28.5 Å². The van der Waals surface area contributed by atoms with E-state index in [1.807, 2.05) is 13.8 Å². The Morgan fingerprint density at radius 2 is 2.10 bits per heavy atom. The van der Waals surface area contributed by atoms with Crippen molar-refractivity contribution in [3.05, 3.63) is 16.1 Å². The zero-order chi connectivity index (χ0) is 15.3. The molecule has 1 heterocycles. The standard InChI is InChI=1S/C13H21N3O3S/c1-7(2)4-9(13(18)19)5-15-11(17)10-6-20-12(16-10)8(3)14/h6-9H,4-5,14H2,1-3H3,(H,15,17)(H,18,19). The van der Waals surface area contributed by atoms with Crippen molar-refractivity contribution in [2.24, 2.45) is 17.6 Å². The quantitative estimate of drug-likeness (QED) is 0.710. The van der Waals surface area contributed by atoms with Gasteiger partial charge in [-0.2, -0.15) is 0 Å². The summed E-state index contributed by atoms with van der Waals surface area (Å²) in [7, 11) is 0. The maximum absolute atomic E-state index is 11.9. The van der Waals surface area contributed by atoms with Gasteiger partial charge in [-0.05, 0) is 19.3 Å². The summed E-state index contributed by atoms with van der Waals surface area (Å²) in [5.74, 6) is -1.57. The number of aromatic nitrogens is 1. The van der Waals surface area contributed by atoms with Gasteiger partial charge in [0.05, 0.1) is 12.0 Å². The summed E-state index contributed by atoms with van der Waals surface area (Å²) in [6, 6.07) is -0.214. The summed E-state index contributed by atoms with van der Waals surface area (Å²) in [6.45, 7) is 5.81. The van der Waals surface area contributed by atoms with E-state index in [4.69, 9.17) is 10.8 Å². The predicted molar refractivity (Wildman–Crippen MR) is 77.6 cm³/mol. The lowest BCUT2D eigenvalue weighted by atomic mass is 9.97. The number of carbonyl (C=O) groups excluding carboxylic acids is 1. The average Bonchev–Trinajstić information content (AvgIpc) is 2.82. The fraction of sp³-hybridized carbons (Fsp3) is 0.615. The Morgan fingerprint density at radius 3 is 2.55 bits per heavy atom. The van der Waals surface area contributed by atoms with Crippen molar-refractivity contribution >= 4 is 23.2 Å². The highest BCUT2D eigenvalue weighted by Gasteiger charge is 2.21. The molecule has 6 nitrogen and oxygen atoms in total. The number of amides is 1. The second-order valence-electron chi connectivity index (χ2n) is 5.23. The number of nitrogens with zero attached hydrogens (tertiary/aromatic N) is 1. The molecule has 0 bridgehead atoms. The summed E-state index contributed by atoms with van der Waals surface area (Å²) in [5.41, 5.74) is 5.97. The van der Waals surface area contributed by atoms with Gasteiger partial charge < -0.3 is 16.2 Å². The number of carboxylic acid groups (broad SMARTS) is 1. The van der Waals surface area contributed by atoms with Gasteiger partial charge in [0.2, 0.25) is 0 Å². The number of carbonyl (C=O) groups is 2. The van der Waals surface area contributed by atoms with Gasteiger partial charge in [0.1, 0.15) is 10.7 Å². The number of hydrogen-bond acceptors (Lipinski definition) is 5. The molecule has 1 amide bonds. The Morgan fingerprint density at radius 1 is 1.45 bits per heavy atom. The van der Waals surface area contributed by atoms with Crippen LogP contribution < -0.4 is 11.1 Å². The highest BCUT2D eigenvalue weighted by atomic mass is 32.1. The van der Waals surface area contributed by atoms with Crippen LogP contribution in [0.3, 0.4) is 0 Å². The van der Waals surface area contributed by atoms with Crippen LogP contribution in [0.2, 0.25) is 0 Å². The summed E-state index contributed by atoms with van der Waals surface area (Å²) in [5, 5.41) is 14.0. The molecule has 0 aliphatic rings. The van der Waals surface area contributed by atoms with Crippen LogP contribution in [-0.2, 0) is 4.79 Å². The van der Waals surface area contributed by atoms with E-state index < -0.39 is 11.9 Å². The lowest BCUT2D eigenvalue weighted by Crippen LogP contribution is -2.33. The van der Waals surface area contributed by atoms with Crippen molar-refractivity contribution in [2.75, 3.05) is 6.54 Å². The molecule has 0 aliphatic carbocycles. The monoisotopic (exact) mass is 299 g/mol. The molecule has 1 rings (SSSR count). The minimum atomic E-state index is -0.895. The number of nitrogens with two attached hydrogens (primary N) is 1. The fourth-order valence-electron chi connectivity index (χ4n) is 1.75. The van der Waals surface area contributed by atoms with E-state index in [1.165, 1.54) is 11.3 Å². The van der Waals surface area contributed by atoms with E-state index >= 15 is 0 Å². The Hall–Kier alpha value is -1.47. The van der Waals surface area contributed by atoms with Gasteiger partial charge in [0, 0.05) is 11.9 Å². The molecule has 4 N–H and O–H groups in total. The zero-order valence-electron chi connectivity index (χ0n) is 11.9. The molecule has 0 radical (unpaired) electrons. The van der Waals surface area contributed by atoms with Crippen LogP contribution in [0.1, 0.15) is 48.7 Å². The molecular formula is C13H21N3O3S. The van der Waals surface area contributed by atoms with Crippen LogP contribution in [0.15, 0.2) is 5.38 Å². The molecule has 112 valence electrons. The second-order valence-corrected chi connectivity index (χ2v) is 6.12. The van der Waals surface area contributed by atoms with Gasteiger partial charge >= 0.3 is 5.97 Å². The molecule has 0 aliphatic heterocycles.